The molecule has 0 bridgehead atoms. The lowest BCUT2D eigenvalue weighted by atomic mass is 10.3. The minimum Gasteiger partial charge on any atom is -0.480 e. The fraction of sp³-hybridized carbons (Fsp3) is 0.0909. The fourth-order valence-electron chi connectivity index (χ4n) is 1.34. The summed E-state index contributed by atoms with van der Waals surface area (Å²) in [4.78, 5) is 26.1. The molecule has 18 heavy (non-hydrogen) atoms. The molecular formula is C11H10N4O3. The van der Waals surface area contributed by atoms with Crippen molar-refractivity contribution in [1.82, 2.24) is 14.8 Å². The van der Waals surface area contributed by atoms with Gasteiger partial charge in [0.15, 0.2) is 0 Å². The Hall–Kier alpha value is -2.70. The van der Waals surface area contributed by atoms with E-state index in [4.69, 9.17) is 5.11 Å². The number of anilines is 1. The minimum absolute atomic E-state index is 0.275. The predicted molar refractivity (Wildman–Crippen MR) is 62.1 cm³/mol. The Bertz CT molecular complexity index is 565. The van der Waals surface area contributed by atoms with E-state index < -0.39 is 5.97 Å². The molecule has 7 heteroatoms. The molecule has 7 nitrogen and oxygen atoms in total. The predicted octanol–water partition coefficient (Wildman–Crippen LogP) is 0.615. The van der Waals surface area contributed by atoms with Crippen LogP contribution >= 0.6 is 0 Å². The molecule has 92 valence electrons. The zero-order valence-corrected chi connectivity index (χ0v) is 9.28. The summed E-state index contributed by atoms with van der Waals surface area (Å²) in [7, 11) is 0. The fourth-order valence-corrected chi connectivity index (χ4v) is 1.34. The van der Waals surface area contributed by atoms with Gasteiger partial charge in [0.2, 0.25) is 0 Å². The summed E-state index contributed by atoms with van der Waals surface area (Å²) < 4.78 is 1.18. The summed E-state index contributed by atoms with van der Waals surface area (Å²) in [6.07, 6.45) is 5.82. The quantitative estimate of drug-likeness (QED) is 0.824. The molecule has 2 N–H and O–H groups in total. The molecule has 0 fully saturated rings. The normalized spacial score (nSPS) is 10.0. The molecule has 0 spiro atoms. The number of nitrogens with zero attached hydrogens (tertiary/aromatic N) is 3. The Morgan fingerprint density at radius 2 is 2.06 bits per heavy atom. The van der Waals surface area contributed by atoms with Gasteiger partial charge in [-0.3, -0.25) is 19.3 Å². The first-order chi connectivity index (χ1) is 8.65. The minimum atomic E-state index is -1.01. The molecule has 2 aromatic rings. The number of pyridine rings is 1. The Balaban J connectivity index is 2.05. The van der Waals surface area contributed by atoms with Gasteiger partial charge in [-0.25, -0.2) is 0 Å². The topological polar surface area (TPSA) is 97.1 Å². The van der Waals surface area contributed by atoms with Crippen LogP contribution in [0.2, 0.25) is 0 Å². The number of aromatic nitrogens is 3. The number of carboxylic acid groups (broad SMARTS) is 1. The lowest BCUT2D eigenvalue weighted by molar-refractivity contribution is -0.137. The van der Waals surface area contributed by atoms with Gasteiger partial charge in [-0.15, -0.1) is 0 Å². The van der Waals surface area contributed by atoms with E-state index in [0.29, 0.717) is 11.3 Å². The summed E-state index contributed by atoms with van der Waals surface area (Å²) in [5.74, 6) is -1.36. The Labute approximate surface area is 102 Å². The number of aliphatic carboxylic acids is 1. The maximum absolute atomic E-state index is 11.8. The Morgan fingerprint density at radius 1 is 1.33 bits per heavy atom. The van der Waals surface area contributed by atoms with Gasteiger partial charge in [0.1, 0.15) is 6.54 Å². The van der Waals surface area contributed by atoms with Crippen molar-refractivity contribution in [3.63, 3.8) is 0 Å². The summed E-state index contributed by atoms with van der Waals surface area (Å²) >= 11 is 0. The average Bonchev–Trinajstić information content (AvgIpc) is 2.78. The molecule has 2 rings (SSSR count). The maximum Gasteiger partial charge on any atom is 0.325 e. The highest BCUT2D eigenvalue weighted by atomic mass is 16.4. The number of rotatable bonds is 4. The number of hydrogen-bond acceptors (Lipinski definition) is 4. The summed E-state index contributed by atoms with van der Waals surface area (Å²) in [5, 5.41) is 15.0. The van der Waals surface area contributed by atoms with E-state index >= 15 is 0 Å². The summed E-state index contributed by atoms with van der Waals surface area (Å²) in [5.41, 5.74) is 0.911. The van der Waals surface area contributed by atoms with Gasteiger partial charge in [0.25, 0.3) is 5.91 Å². The van der Waals surface area contributed by atoms with Crippen LogP contribution in [-0.4, -0.2) is 31.7 Å². The van der Waals surface area contributed by atoms with E-state index in [0.717, 1.165) is 0 Å². The molecular weight excluding hydrogens is 236 g/mol. The molecule has 0 saturated heterocycles. The second-order valence-electron chi connectivity index (χ2n) is 3.51. The van der Waals surface area contributed by atoms with Gasteiger partial charge in [-0.2, -0.15) is 5.10 Å². The SMILES string of the molecule is O=C(O)Cn1cc(C(=O)Nc2ccncc2)cn1. The first-order valence-electron chi connectivity index (χ1n) is 5.11. The largest absolute Gasteiger partial charge is 0.480 e. The van der Waals surface area contributed by atoms with Crippen LogP contribution in [0, 0.1) is 0 Å². The van der Waals surface area contributed by atoms with E-state index in [1.807, 2.05) is 0 Å². The molecule has 1 amide bonds. The van der Waals surface area contributed by atoms with E-state index in [-0.39, 0.29) is 12.5 Å². The zero-order chi connectivity index (χ0) is 13.0. The van der Waals surface area contributed by atoms with Crippen molar-refractivity contribution in [3.05, 3.63) is 42.5 Å². The molecule has 2 heterocycles. The first kappa shape index (κ1) is 11.8. The lowest BCUT2D eigenvalue weighted by Gasteiger charge is -2.01. The molecule has 0 unspecified atom stereocenters. The number of amides is 1. The molecule has 2 aromatic heterocycles. The number of carbonyl (C=O) groups excluding carboxylic acids is 1. The van der Waals surface area contributed by atoms with Gasteiger partial charge in [0, 0.05) is 24.3 Å². The lowest BCUT2D eigenvalue weighted by Crippen LogP contribution is -2.12. The summed E-state index contributed by atoms with van der Waals surface area (Å²) in [6.45, 7) is -0.275. The van der Waals surface area contributed by atoms with Crippen molar-refractivity contribution in [3.8, 4) is 0 Å². The van der Waals surface area contributed by atoms with Crippen molar-refractivity contribution in [2.24, 2.45) is 0 Å². The van der Waals surface area contributed by atoms with Crippen molar-refractivity contribution < 1.29 is 14.7 Å². The van der Waals surface area contributed by atoms with Crippen molar-refractivity contribution >= 4 is 17.6 Å². The van der Waals surface area contributed by atoms with Crippen LogP contribution in [0.3, 0.4) is 0 Å². The van der Waals surface area contributed by atoms with Gasteiger partial charge in [-0.1, -0.05) is 0 Å². The van der Waals surface area contributed by atoms with E-state index in [1.165, 1.54) is 17.1 Å². The van der Waals surface area contributed by atoms with E-state index in [2.05, 4.69) is 15.4 Å². The molecule has 0 radical (unpaired) electrons. The standard InChI is InChI=1S/C11H10N4O3/c16-10(17)7-15-6-8(5-13-15)11(18)14-9-1-3-12-4-2-9/h1-6H,7H2,(H,16,17)(H,12,14,18). The third kappa shape index (κ3) is 2.91. The molecule has 0 aliphatic rings. The number of nitrogens with one attached hydrogen (secondary N) is 1. The second kappa shape index (κ2) is 5.09. The third-order valence-electron chi connectivity index (χ3n) is 2.13. The second-order valence-corrected chi connectivity index (χ2v) is 3.51. The van der Waals surface area contributed by atoms with Crippen LogP contribution in [-0.2, 0) is 11.3 Å². The highest BCUT2D eigenvalue weighted by Gasteiger charge is 2.10. The van der Waals surface area contributed by atoms with Gasteiger partial charge in [0.05, 0.1) is 11.8 Å². The van der Waals surface area contributed by atoms with Crippen LogP contribution in [0.25, 0.3) is 0 Å². The van der Waals surface area contributed by atoms with Crippen molar-refractivity contribution in [1.29, 1.82) is 0 Å². The molecule has 0 saturated carbocycles. The number of carbonyl (C=O) groups is 2. The number of carboxylic acids is 1. The Morgan fingerprint density at radius 3 is 2.72 bits per heavy atom. The van der Waals surface area contributed by atoms with E-state index in [1.54, 1.807) is 24.5 Å². The van der Waals surface area contributed by atoms with Crippen LogP contribution in [0.5, 0.6) is 0 Å². The maximum atomic E-state index is 11.8. The van der Waals surface area contributed by atoms with Crippen LogP contribution in [0.4, 0.5) is 5.69 Å². The Kier molecular flexibility index (Phi) is 3.33. The van der Waals surface area contributed by atoms with Crippen molar-refractivity contribution in [2.75, 3.05) is 5.32 Å². The number of hydrogen-bond donors (Lipinski definition) is 2. The van der Waals surface area contributed by atoms with Crippen LogP contribution in [0.1, 0.15) is 10.4 Å². The van der Waals surface area contributed by atoms with Crippen LogP contribution in [0.15, 0.2) is 36.9 Å². The molecule has 0 aliphatic carbocycles. The van der Waals surface area contributed by atoms with Crippen LogP contribution < -0.4 is 5.32 Å². The molecule has 0 atom stereocenters. The highest BCUT2D eigenvalue weighted by molar-refractivity contribution is 6.03. The summed E-state index contributed by atoms with van der Waals surface area (Å²) in [6, 6.07) is 3.30. The zero-order valence-electron chi connectivity index (χ0n) is 9.28. The van der Waals surface area contributed by atoms with Gasteiger partial charge < -0.3 is 10.4 Å². The van der Waals surface area contributed by atoms with E-state index in [9.17, 15) is 9.59 Å². The molecule has 0 aromatic carbocycles. The van der Waals surface area contributed by atoms with Crippen molar-refractivity contribution in [2.45, 2.75) is 6.54 Å². The smallest absolute Gasteiger partial charge is 0.325 e. The van der Waals surface area contributed by atoms with Gasteiger partial charge >= 0.3 is 5.97 Å². The first-order valence-corrected chi connectivity index (χ1v) is 5.11. The highest BCUT2D eigenvalue weighted by Crippen LogP contribution is 2.07. The third-order valence-corrected chi connectivity index (χ3v) is 2.13. The molecule has 0 aliphatic heterocycles. The average molecular weight is 246 g/mol. The van der Waals surface area contributed by atoms with Gasteiger partial charge in [-0.05, 0) is 12.1 Å². The monoisotopic (exact) mass is 246 g/mol.